The molecule has 1 aliphatic rings. The van der Waals surface area contributed by atoms with Crippen molar-refractivity contribution < 1.29 is 4.74 Å². The maximum absolute atomic E-state index is 6.49. The van der Waals surface area contributed by atoms with Gasteiger partial charge in [0, 0.05) is 10.6 Å². The Morgan fingerprint density at radius 2 is 1.96 bits per heavy atom. The third-order valence-corrected chi connectivity index (χ3v) is 6.17. The minimum Gasteiger partial charge on any atom is -0.465 e. The molecule has 2 nitrogen and oxygen atoms in total. The van der Waals surface area contributed by atoms with E-state index in [-0.39, 0.29) is 10.4 Å². The average molecular weight is 399 g/mol. The van der Waals surface area contributed by atoms with Crippen molar-refractivity contribution in [1.82, 2.24) is 0 Å². The molecule has 0 fully saturated rings. The Bertz CT molecular complexity index is 626. The summed E-state index contributed by atoms with van der Waals surface area (Å²) in [4.78, 5) is 5.04. The summed E-state index contributed by atoms with van der Waals surface area (Å²) in [5, 5.41) is 0.691. The van der Waals surface area contributed by atoms with E-state index in [1.54, 1.807) is 0 Å². The zero-order valence-corrected chi connectivity index (χ0v) is 16.7. The van der Waals surface area contributed by atoms with Gasteiger partial charge >= 0.3 is 0 Å². The van der Waals surface area contributed by atoms with Gasteiger partial charge in [0.1, 0.15) is 5.60 Å². The summed E-state index contributed by atoms with van der Waals surface area (Å²) in [6, 6.07) is 7.60. The number of aliphatic imine (C=N–C) groups is 1. The van der Waals surface area contributed by atoms with E-state index >= 15 is 0 Å². The first-order valence-corrected chi connectivity index (χ1v) is 9.71. The average Bonchev–Trinajstić information content (AvgIpc) is 2.87. The molecule has 1 aromatic carbocycles. The Balaban J connectivity index is 2.53. The minimum atomic E-state index is -0.285. The minimum absolute atomic E-state index is 0.281. The lowest BCUT2D eigenvalue weighted by Gasteiger charge is -2.34. The molecule has 1 aliphatic heterocycles. The van der Waals surface area contributed by atoms with Crippen LogP contribution in [0.4, 0.5) is 5.69 Å². The third-order valence-electron chi connectivity index (χ3n) is 4.55. The van der Waals surface area contributed by atoms with Gasteiger partial charge in [-0.1, -0.05) is 61.3 Å². The summed E-state index contributed by atoms with van der Waals surface area (Å²) in [5.74, 6) is 0.756. The standard InChI is InChI=1S/C19H25BrClNO/c1-5-15-16(6-2)19(8-4,17(20)7-3)23-18(15)22-14-11-9-10-13(21)12-14/h9-12,17H,5-8H2,1-4H3. The highest BCUT2D eigenvalue weighted by molar-refractivity contribution is 9.09. The Labute approximate surface area is 153 Å². The van der Waals surface area contributed by atoms with Gasteiger partial charge in [-0.2, -0.15) is 0 Å². The molecule has 0 spiro atoms. The molecule has 0 amide bonds. The van der Waals surface area contributed by atoms with Crippen LogP contribution in [0, 0.1) is 0 Å². The molecule has 2 rings (SSSR count). The maximum Gasteiger partial charge on any atom is 0.218 e. The van der Waals surface area contributed by atoms with Crippen LogP contribution in [0.2, 0.25) is 5.02 Å². The van der Waals surface area contributed by atoms with Crippen LogP contribution in [0.3, 0.4) is 0 Å². The number of hydrogen-bond acceptors (Lipinski definition) is 2. The third kappa shape index (κ3) is 3.51. The number of nitrogens with zero attached hydrogens (tertiary/aromatic N) is 1. The van der Waals surface area contributed by atoms with Crippen molar-refractivity contribution in [3.05, 3.63) is 40.4 Å². The van der Waals surface area contributed by atoms with Gasteiger partial charge in [-0.05, 0) is 49.5 Å². The number of rotatable bonds is 6. The van der Waals surface area contributed by atoms with Gasteiger partial charge in [-0.25, -0.2) is 4.99 Å². The van der Waals surface area contributed by atoms with Gasteiger partial charge < -0.3 is 4.74 Å². The number of halogens is 2. The topological polar surface area (TPSA) is 21.6 Å². The highest BCUT2D eigenvalue weighted by atomic mass is 79.9. The largest absolute Gasteiger partial charge is 0.465 e. The van der Waals surface area contributed by atoms with Gasteiger partial charge in [0.05, 0.1) is 10.5 Å². The zero-order chi connectivity index (χ0) is 17.0. The van der Waals surface area contributed by atoms with Crippen molar-refractivity contribution in [3.63, 3.8) is 0 Å². The van der Waals surface area contributed by atoms with Crippen LogP contribution in [0.1, 0.15) is 53.4 Å². The van der Waals surface area contributed by atoms with E-state index < -0.39 is 0 Å². The fourth-order valence-electron chi connectivity index (χ4n) is 3.40. The van der Waals surface area contributed by atoms with E-state index in [1.165, 1.54) is 11.1 Å². The molecule has 23 heavy (non-hydrogen) atoms. The first-order chi connectivity index (χ1) is 11.0. The van der Waals surface area contributed by atoms with E-state index in [2.05, 4.69) is 43.6 Å². The molecule has 0 aliphatic carbocycles. The molecule has 0 N–H and O–H groups in total. The van der Waals surface area contributed by atoms with Crippen molar-refractivity contribution in [2.75, 3.05) is 0 Å². The molecule has 0 radical (unpaired) electrons. The molecular formula is C19H25BrClNO. The van der Waals surface area contributed by atoms with E-state index in [4.69, 9.17) is 21.3 Å². The molecule has 0 saturated heterocycles. The summed E-state index contributed by atoms with van der Waals surface area (Å²) in [6.07, 6.45) is 3.85. The Morgan fingerprint density at radius 1 is 1.22 bits per heavy atom. The lowest BCUT2D eigenvalue weighted by molar-refractivity contribution is 0.0981. The smallest absolute Gasteiger partial charge is 0.218 e. The summed E-state index contributed by atoms with van der Waals surface area (Å²) in [5.41, 5.74) is 3.18. The first-order valence-electron chi connectivity index (χ1n) is 8.42. The van der Waals surface area contributed by atoms with Gasteiger partial charge in [-0.3, -0.25) is 0 Å². The van der Waals surface area contributed by atoms with E-state index in [1.807, 2.05) is 24.3 Å². The van der Waals surface area contributed by atoms with Gasteiger partial charge in [-0.15, -0.1) is 0 Å². The van der Waals surface area contributed by atoms with Crippen LogP contribution in [0.25, 0.3) is 0 Å². The molecule has 0 aromatic heterocycles. The highest BCUT2D eigenvalue weighted by Gasteiger charge is 2.47. The second kappa shape index (κ2) is 7.85. The van der Waals surface area contributed by atoms with Crippen molar-refractivity contribution in [1.29, 1.82) is 0 Å². The van der Waals surface area contributed by atoms with Crippen LogP contribution >= 0.6 is 27.5 Å². The van der Waals surface area contributed by atoms with Crippen LogP contribution < -0.4 is 0 Å². The van der Waals surface area contributed by atoms with Crippen LogP contribution in [-0.2, 0) is 4.74 Å². The normalized spacial score (nSPS) is 24.2. The fraction of sp³-hybridized carbons (Fsp3) is 0.526. The van der Waals surface area contributed by atoms with Crippen molar-refractivity contribution >= 4 is 39.1 Å². The predicted molar refractivity (Wildman–Crippen MR) is 103 cm³/mol. The molecule has 0 saturated carbocycles. The Kier molecular flexibility index (Phi) is 6.33. The molecule has 1 aromatic rings. The maximum atomic E-state index is 6.49. The fourth-order valence-corrected chi connectivity index (χ4v) is 4.28. The predicted octanol–water partition coefficient (Wildman–Crippen LogP) is 6.84. The molecule has 4 heteroatoms. The summed E-state index contributed by atoms with van der Waals surface area (Å²) in [7, 11) is 0. The number of benzene rings is 1. The number of alkyl halides is 1. The summed E-state index contributed by atoms with van der Waals surface area (Å²) >= 11 is 9.93. The zero-order valence-electron chi connectivity index (χ0n) is 14.3. The van der Waals surface area contributed by atoms with Crippen molar-refractivity contribution in [3.8, 4) is 0 Å². The summed E-state index contributed by atoms with van der Waals surface area (Å²) in [6.45, 7) is 8.75. The highest BCUT2D eigenvalue weighted by Crippen LogP contribution is 2.45. The van der Waals surface area contributed by atoms with Crippen molar-refractivity contribution in [2.45, 2.75) is 63.8 Å². The Morgan fingerprint density at radius 3 is 2.48 bits per heavy atom. The molecule has 0 bridgehead atoms. The van der Waals surface area contributed by atoms with Crippen LogP contribution in [0.15, 0.2) is 40.4 Å². The first kappa shape index (κ1) is 18.5. The van der Waals surface area contributed by atoms with Crippen LogP contribution in [0.5, 0.6) is 0 Å². The second-order valence-electron chi connectivity index (χ2n) is 5.78. The van der Waals surface area contributed by atoms with Gasteiger partial charge in [0.2, 0.25) is 5.90 Å². The molecule has 2 unspecified atom stereocenters. The Hall–Kier alpha value is -0.800. The van der Waals surface area contributed by atoms with E-state index in [0.29, 0.717) is 5.02 Å². The monoisotopic (exact) mass is 397 g/mol. The lowest BCUT2D eigenvalue weighted by atomic mass is 9.83. The van der Waals surface area contributed by atoms with E-state index in [9.17, 15) is 0 Å². The molecule has 1 heterocycles. The number of ether oxygens (including phenoxy) is 1. The van der Waals surface area contributed by atoms with Gasteiger partial charge in [0.15, 0.2) is 0 Å². The lowest BCUT2D eigenvalue weighted by Crippen LogP contribution is -2.40. The quantitative estimate of drug-likeness (QED) is 0.481. The molecular weight excluding hydrogens is 374 g/mol. The van der Waals surface area contributed by atoms with E-state index in [0.717, 1.165) is 37.3 Å². The van der Waals surface area contributed by atoms with Crippen LogP contribution in [-0.4, -0.2) is 16.3 Å². The summed E-state index contributed by atoms with van der Waals surface area (Å²) < 4.78 is 6.49. The molecule has 126 valence electrons. The van der Waals surface area contributed by atoms with Crippen molar-refractivity contribution in [2.24, 2.45) is 4.99 Å². The second-order valence-corrected chi connectivity index (χ2v) is 7.32. The number of hydrogen-bond donors (Lipinski definition) is 0. The SMILES string of the molecule is CCC1=C(CC)C(CC)(C(Br)CC)OC1=Nc1cccc(Cl)c1. The molecule has 2 atom stereocenters. The van der Waals surface area contributed by atoms with Gasteiger partial charge in [0.25, 0.3) is 0 Å².